The second kappa shape index (κ2) is 11.9. The minimum Gasteiger partial charge on any atom is -0.450 e. The van der Waals surface area contributed by atoms with Gasteiger partial charge < -0.3 is 15.0 Å². The molecule has 1 aromatic heterocycles. The van der Waals surface area contributed by atoms with Gasteiger partial charge in [-0.2, -0.15) is 15.6 Å². The van der Waals surface area contributed by atoms with Crippen LogP contribution < -0.4 is 15.5 Å². The summed E-state index contributed by atoms with van der Waals surface area (Å²) in [4.78, 5) is 21.0. The fourth-order valence-electron chi connectivity index (χ4n) is 5.01. The molecule has 0 unspecified atom stereocenters. The Balaban J connectivity index is 1.44. The SMILES string of the molecule is Cc1cc(/C=C(/C#N)C2=NN(c3ccccc3)[C@H](N)[C@H]2C#N)c(C)n1-c1ccc(Oc2ccc([N+](=O)[O-])cc2[N+](=O)[O-])cc1. The number of aryl methyl sites for hydroxylation is 1. The molecule has 13 heteroatoms. The molecule has 2 atom stereocenters. The molecule has 218 valence electrons. The molecule has 2 heterocycles. The third-order valence-electron chi connectivity index (χ3n) is 7.13. The summed E-state index contributed by atoms with van der Waals surface area (Å²) in [6.07, 6.45) is 0.934. The summed E-state index contributed by atoms with van der Waals surface area (Å²) in [6, 6.07) is 25.4. The van der Waals surface area contributed by atoms with Crippen LogP contribution in [0.4, 0.5) is 17.1 Å². The number of nitriles is 2. The van der Waals surface area contributed by atoms with Gasteiger partial charge in [-0.25, -0.2) is 5.01 Å². The van der Waals surface area contributed by atoms with Crippen molar-refractivity contribution in [2.45, 2.75) is 20.0 Å². The highest BCUT2D eigenvalue weighted by molar-refractivity contribution is 6.11. The highest BCUT2D eigenvalue weighted by Crippen LogP contribution is 2.35. The van der Waals surface area contributed by atoms with Crippen LogP contribution in [0, 0.1) is 62.7 Å². The van der Waals surface area contributed by atoms with Gasteiger partial charge in [0.1, 0.15) is 23.9 Å². The van der Waals surface area contributed by atoms with Crippen molar-refractivity contribution in [2.24, 2.45) is 16.8 Å². The zero-order valence-electron chi connectivity index (χ0n) is 23.5. The summed E-state index contributed by atoms with van der Waals surface area (Å²) in [5.41, 5.74) is 9.81. The van der Waals surface area contributed by atoms with Gasteiger partial charge in [0, 0.05) is 23.1 Å². The maximum Gasteiger partial charge on any atom is 0.318 e. The lowest BCUT2D eigenvalue weighted by Gasteiger charge is -2.21. The van der Waals surface area contributed by atoms with Gasteiger partial charge >= 0.3 is 5.69 Å². The molecule has 3 aromatic carbocycles. The van der Waals surface area contributed by atoms with Crippen molar-refractivity contribution >= 4 is 28.8 Å². The lowest BCUT2D eigenvalue weighted by atomic mass is 9.95. The second-order valence-electron chi connectivity index (χ2n) is 9.86. The van der Waals surface area contributed by atoms with E-state index in [1.54, 1.807) is 35.4 Å². The molecule has 0 aliphatic carbocycles. The number of ether oxygens (including phenoxy) is 1. The molecule has 0 spiro atoms. The number of nitrogens with two attached hydrogens (primary N) is 1. The van der Waals surface area contributed by atoms with Crippen molar-refractivity contribution in [3.05, 3.63) is 122 Å². The van der Waals surface area contributed by atoms with Gasteiger partial charge in [0.2, 0.25) is 5.75 Å². The van der Waals surface area contributed by atoms with Gasteiger partial charge in [-0.3, -0.25) is 20.2 Å². The Bertz CT molecular complexity index is 1920. The lowest BCUT2D eigenvalue weighted by molar-refractivity contribution is -0.394. The predicted octanol–water partition coefficient (Wildman–Crippen LogP) is 5.91. The molecule has 1 aliphatic heterocycles. The van der Waals surface area contributed by atoms with Gasteiger partial charge in [-0.15, -0.1) is 0 Å². The normalized spacial score (nSPS) is 16.2. The van der Waals surface area contributed by atoms with Crippen LogP contribution in [0.25, 0.3) is 11.8 Å². The zero-order valence-corrected chi connectivity index (χ0v) is 23.5. The number of benzene rings is 3. The molecule has 5 rings (SSSR count). The van der Waals surface area contributed by atoms with Gasteiger partial charge in [0.15, 0.2) is 0 Å². The summed E-state index contributed by atoms with van der Waals surface area (Å²) in [5, 5.41) is 48.5. The molecule has 2 N–H and O–H groups in total. The van der Waals surface area contributed by atoms with Gasteiger partial charge in [0.05, 0.1) is 39.0 Å². The topological polar surface area (TPSA) is 190 Å². The van der Waals surface area contributed by atoms with Crippen molar-refractivity contribution in [1.82, 2.24) is 4.57 Å². The summed E-state index contributed by atoms with van der Waals surface area (Å²) in [6.45, 7) is 3.79. The Kier molecular flexibility index (Phi) is 7.89. The van der Waals surface area contributed by atoms with Crippen LogP contribution in [0.5, 0.6) is 11.5 Å². The Morgan fingerprint density at radius 1 is 0.977 bits per heavy atom. The van der Waals surface area contributed by atoms with Crippen molar-refractivity contribution in [3.63, 3.8) is 0 Å². The smallest absolute Gasteiger partial charge is 0.318 e. The molecular formula is C31H24N8O5. The molecule has 0 amide bonds. The maximum atomic E-state index is 11.5. The first-order valence-corrected chi connectivity index (χ1v) is 13.2. The number of nitrogens with zero attached hydrogens (tertiary/aromatic N) is 7. The van der Waals surface area contributed by atoms with Crippen LogP contribution in [0.15, 0.2) is 89.5 Å². The molecule has 0 saturated heterocycles. The quantitative estimate of drug-likeness (QED) is 0.148. The van der Waals surface area contributed by atoms with Crippen LogP contribution in [0.2, 0.25) is 0 Å². The Labute approximate surface area is 251 Å². The second-order valence-corrected chi connectivity index (χ2v) is 9.86. The molecule has 13 nitrogen and oxygen atoms in total. The molecule has 0 saturated carbocycles. The van der Waals surface area contributed by atoms with Crippen molar-refractivity contribution in [2.75, 3.05) is 5.01 Å². The van der Waals surface area contributed by atoms with Crippen LogP contribution in [0.1, 0.15) is 17.0 Å². The molecule has 1 aliphatic rings. The number of hydrogen-bond acceptors (Lipinski definition) is 10. The highest BCUT2D eigenvalue weighted by Gasteiger charge is 2.37. The monoisotopic (exact) mass is 588 g/mol. The largest absolute Gasteiger partial charge is 0.450 e. The first-order valence-electron chi connectivity index (χ1n) is 13.2. The molecule has 0 radical (unpaired) electrons. The average Bonchev–Trinajstić information content (AvgIpc) is 3.50. The van der Waals surface area contributed by atoms with E-state index in [0.717, 1.165) is 34.8 Å². The molecular weight excluding hydrogens is 564 g/mol. The summed E-state index contributed by atoms with van der Waals surface area (Å²) >= 11 is 0. The van der Waals surface area contributed by atoms with E-state index in [4.69, 9.17) is 10.5 Å². The van der Waals surface area contributed by atoms with E-state index in [0.29, 0.717) is 11.4 Å². The van der Waals surface area contributed by atoms with E-state index in [2.05, 4.69) is 17.2 Å². The van der Waals surface area contributed by atoms with Crippen LogP contribution in [-0.2, 0) is 0 Å². The lowest BCUT2D eigenvalue weighted by Crippen LogP contribution is -2.40. The molecule has 4 aromatic rings. The van der Waals surface area contributed by atoms with E-state index >= 15 is 0 Å². The summed E-state index contributed by atoms with van der Waals surface area (Å²) < 4.78 is 7.64. The number of nitro benzene ring substituents is 2. The number of para-hydroxylation sites is 1. The third-order valence-corrected chi connectivity index (χ3v) is 7.13. The van der Waals surface area contributed by atoms with Gasteiger partial charge in [-0.1, -0.05) is 18.2 Å². The number of hydrazone groups is 1. The third kappa shape index (κ3) is 5.46. The first-order chi connectivity index (χ1) is 21.1. The molecule has 44 heavy (non-hydrogen) atoms. The van der Waals surface area contributed by atoms with Crippen LogP contribution in [-0.4, -0.2) is 26.3 Å². The molecule has 0 bridgehead atoms. The van der Waals surface area contributed by atoms with Gasteiger partial charge in [0.25, 0.3) is 5.69 Å². The number of aromatic nitrogens is 1. The first kappa shape index (κ1) is 29.2. The fraction of sp³-hybridized carbons (Fsp3) is 0.129. The highest BCUT2D eigenvalue weighted by atomic mass is 16.6. The minimum atomic E-state index is -0.816. The number of anilines is 1. The van der Waals surface area contributed by atoms with Crippen LogP contribution >= 0.6 is 0 Å². The number of allylic oxidation sites excluding steroid dienone is 1. The Hall–Kier alpha value is -6.31. The number of rotatable bonds is 8. The number of hydrogen-bond donors (Lipinski definition) is 1. The standard InChI is InChI=1S/C31H24N8O5/c1-19-14-21(15-22(17-32)30-27(18-33)31(34)37(35-30)24-6-4-3-5-7-24)20(2)36(19)23-8-11-26(12-9-23)44-29-13-10-25(38(40)41)16-28(29)39(42)43/h3-16,27,31H,34H2,1-2H3/b22-15-/t27-,31-/m0/s1. The zero-order chi connectivity index (χ0) is 31.5. The minimum absolute atomic E-state index is 0.130. The van der Waals surface area contributed by atoms with E-state index in [9.17, 15) is 30.8 Å². The van der Waals surface area contributed by atoms with Crippen LogP contribution in [0.3, 0.4) is 0 Å². The predicted molar refractivity (Wildman–Crippen MR) is 162 cm³/mol. The maximum absolute atomic E-state index is 11.5. The summed E-state index contributed by atoms with van der Waals surface area (Å²) in [7, 11) is 0. The van der Waals surface area contributed by atoms with E-state index in [-0.39, 0.29) is 17.0 Å². The van der Waals surface area contributed by atoms with Crippen molar-refractivity contribution in [1.29, 1.82) is 10.5 Å². The van der Waals surface area contributed by atoms with E-state index in [1.165, 1.54) is 6.07 Å². The Morgan fingerprint density at radius 3 is 2.30 bits per heavy atom. The number of non-ortho nitro benzene ring substituents is 1. The van der Waals surface area contributed by atoms with Gasteiger partial charge in [-0.05, 0) is 74.0 Å². The fourth-order valence-corrected chi connectivity index (χ4v) is 5.01. The molecule has 0 fully saturated rings. The van der Waals surface area contributed by atoms with Crippen molar-refractivity contribution in [3.8, 4) is 29.3 Å². The van der Waals surface area contributed by atoms with Crippen molar-refractivity contribution < 1.29 is 14.6 Å². The average molecular weight is 589 g/mol. The van der Waals surface area contributed by atoms with E-state index in [1.807, 2.05) is 54.8 Å². The van der Waals surface area contributed by atoms with E-state index < -0.39 is 33.3 Å². The Morgan fingerprint density at radius 2 is 1.68 bits per heavy atom. The summed E-state index contributed by atoms with van der Waals surface area (Å²) in [5.74, 6) is -0.654. The number of nitro groups is 2.